The van der Waals surface area contributed by atoms with Gasteiger partial charge in [-0.2, -0.15) is 0 Å². The lowest BCUT2D eigenvalue weighted by Crippen LogP contribution is -2.28. The summed E-state index contributed by atoms with van der Waals surface area (Å²) in [6, 6.07) is 4.96. The molecular weight excluding hydrogens is 260 g/mol. The largest absolute Gasteiger partial charge is 0.493 e. The van der Waals surface area contributed by atoms with Gasteiger partial charge in [-0.05, 0) is 12.1 Å². The topological polar surface area (TPSA) is 76.7 Å². The van der Waals surface area contributed by atoms with Crippen molar-refractivity contribution in [3.05, 3.63) is 30.9 Å². The molecule has 1 aromatic rings. The summed E-state index contributed by atoms with van der Waals surface area (Å²) in [4.78, 5) is 23.0. The fourth-order valence-electron chi connectivity index (χ4n) is 1.51. The quantitative estimate of drug-likeness (QED) is 0.583. The van der Waals surface area contributed by atoms with Gasteiger partial charge in [0.1, 0.15) is 6.42 Å². The van der Waals surface area contributed by atoms with Gasteiger partial charge in [-0.25, -0.2) is 0 Å². The monoisotopic (exact) mass is 278 g/mol. The molecule has 0 heterocycles. The van der Waals surface area contributed by atoms with Crippen molar-refractivity contribution in [1.82, 2.24) is 5.32 Å². The van der Waals surface area contributed by atoms with E-state index in [2.05, 4.69) is 17.2 Å². The minimum Gasteiger partial charge on any atom is -0.493 e. The van der Waals surface area contributed by atoms with Crippen LogP contribution in [0.5, 0.6) is 11.5 Å². The van der Waals surface area contributed by atoms with E-state index in [1.807, 2.05) is 0 Å². The predicted molar refractivity (Wildman–Crippen MR) is 76.0 cm³/mol. The maximum Gasteiger partial charge on any atom is 0.233 e. The van der Waals surface area contributed by atoms with Crippen LogP contribution in [0.25, 0.3) is 0 Å². The third-order valence-electron chi connectivity index (χ3n) is 2.43. The van der Waals surface area contributed by atoms with Crippen molar-refractivity contribution in [2.24, 2.45) is 0 Å². The molecule has 0 fully saturated rings. The van der Waals surface area contributed by atoms with E-state index in [1.165, 1.54) is 14.2 Å². The first-order valence-electron chi connectivity index (χ1n) is 6.00. The van der Waals surface area contributed by atoms with Gasteiger partial charge in [0.05, 0.1) is 14.2 Å². The number of benzene rings is 1. The van der Waals surface area contributed by atoms with Gasteiger partial charge in [-0.15, -0.1) is 6.58 Å². The Balaban J connectivity index is 2.61. The van der Waals surface area contributed by atoms with Crippen LogP contribution in [0.3, 0.4) is 0 Å². The zero-order valence-electron chi connectivity index (χ0n) is 11.6. The second kappa shape index (κ2) is 7.83. The van der Waals surface area contributed by atoms with Crippen LogP contribution in [0.4, 0.5) is 5.69 Å². The van der Waals surface area contributed by atoms with Crippen LogP contribution in [0.1, 0.15) is 6.42 Å². The normalized spacial score (nSPS) is 9.50. The van der Waals surface area contributed by atoms with Crippen molar-refractivity contribution in [2.45, 2.75) is 6.42 Å². The maximum atomic E-state index is 11.7. The van der Waals surface area contributed by atoms with E-state index >= 15 is 0 Å². The number of anilines is 1. The summed E-state index contributed by atoms with van der Waals surface area (Å²) >= 11 is 0. The number of carbonyl (C=O) groups excluding carboxylic acids is 2. The van der Waals surface area contributed by atoms with Gasteiger partial charge < -0.3 is 20.1 Å². The lowest BCUT2D eigenvalue weighted by molar-refractivity contribution is -0.126. The van der Waals surface area contributed by atoms with E-state index in [9.17, 15) is 9.59 Å². The summed E-state index contributed by atoms with van der Waals surface area (Å²) < 4.78 is 10.2. The lowest BCUT2D eigenvalue weighted by Gasteiger charge is -2.10. The van der Waals surface area contributed by atoms with Crippen molar-refractivity contribution < 1.29 is 19.1 Å². The summed E-state index contributed by atoms with van der Waals surface area (Å²) in [5, 5.41) is 5.14. The van der Waals surface area contributed by atoms with E-state index in [1.54, 1.807) is 24.3 Å². The van der Waals surface area contributed by atoms with Gasteiger partial charge in [-0.1, -0.05) is 6.08 Å². The van der Waals surface area contributed by atoms with Gasteiger partial charge >= 0.3 is 0 Å². The van der Waals surface area contributed by atoms with Crippen LogP contribution < -0.4 is 20.1 Å². The molecule has 6 heteroatoms. The first-order valence-corrected chi connectivity index (χ1v) is 6.00. The van der Waals surface area contributed by atoms with Crippen LogP contribution in [0.15, 0.2) is 30.9 Å². The van der Waals surface area contributed by atoms with E-state index in [0.717, 1.165) is 0 Å². The van der Waals surface area contributed by atoms with Crippen LogP contribution in [0, 0.1) is 0 Å². The van der Waals surface area contributed by atoms with E-state index in [-0.39, 0.29) is 12.3 Å². The van der Waals surface area contributed by atoms with Crippen molar-refractivity contribution in [2.75, 3.05) is 26.1 Å². The zero-order chi connectivity index (χ0) is 15.0. The van der Waals surface area contributed by atoms with Gasteiger partial charge in [-0.3, -0.25) is 9.59 Å². The molecule has 1 aromatic carbocycles. The summed E-state index contributed by atoms with van der Waals surface area (Å²) in [6.07, 6.45) is 1.30. The Morgan fingerprint density at radius 2 is 1.90 bits per heavy atom. The molecule has 6 nitrogen and oxygen atoms in total. The molecule has 2 amide bonds. The number of hydrogen-bond donors (Lipinski definition) is 2. The molecule has 0 saturated carbocycles. The SMILES string of the molecule is C=CCNC(=O)CC(=O)Nc1ccc(OC)c(OC)c1. The molecule has 0 aliphatic heterocycles. The van der Waals surface area contributed by atoms with Crippen LogP contribution in [-0.4, -0.2) is 32.6 Å². The molecule has 0 bridgehead atoms. The molecule has 0 radical (unpaired) electrons. The number of methoxy groups -OCH3 is 2. The Hall–Kier alpha value is -2.50. The molecule has 0 unspecified atom stereocenters. The molecule has 0 aliphatic rings. The molecule has 0 aliphatic carbocycles. The first-order chi connectivity index (χ1) is 9.60. The molecular formula is C14H18N2O4. The second-order valence-electron chi connectivity index (χ2n) is 3.89. The van der Waals surface area contributed by atoms with E-state index < -0.39 is 5.91 Å². The van der Waals surface area contributed by atoms with Crippen LogP contribution >= 0.6 is 0 Å². The van der Waals surface area contributed by atoms with Gasteiger partial charge in [0.15, 0.2) is 11.5 Å². The lowest BCUT2D eigenvalue weighted by atomic mass is 10.2. The highest BCUT2D eigenvalue weighted by Crippen LogP contribution is 2.29. The molecule has 0 atom stereocenters. The average molecular weight is 278 g/mol. The molecule has 20 heavy (non-hydrogen) atoms. The third-order valence-corrected chi connectivity index (χ3v) is 2.43. The summed E-state index contributed by atoms with van der Waals surface area (Å²) in [7, 11) is 3.03. The van der Waals surface area contributed by atoms with E-state index in [0.29, 0.717) is 23.7 Å². The summed E-state index contributed by atoms with van der Waals surface area (Å²) in [5.41, 5.74) is 0.532. The Bertz CT molecular complexity index is 500. The average Bonchev–Trinajstić information content (AvgIpc) is 2.44. The minimum absolute atomic E-state index is 0.248. The highest BCUT2D eigenvalue weighted by Gasteiger charge is 2.10. The molecule has 0 saturated heterocycles. The predicted octanol–water partition coefficient (Wildman–Crippen LogP) is 1.33. The smallest absolute Gasteiger partial charge is 0.233 e. The summed E-state index contributed by atoms with van der Waals surface area (Å²) in [6.45, 7) is 3.81. The Morgan fingerprint density at radius 3 is 2.50 bits per heavy atom. The highest BCUT2D eigenvalue weighted by molar-refractivity contribution is 6.03. The van der Waals surface area contributed by atoms with Crippen LogP contribution in [-0.2, 0) is 9.59 Å². The number of rotatable bonds is 7. The van der Waals surface area contributed by atoms with Gasteiger partial charge in [0.2, 0.25) is 11.8 Å². The van der Waals surface area contributed by atoms with Crippen molar-refractivity contribution in [1.29, 1.82) is 0 Å². The minimum atomic E-state index is -0.404. The molecule has 2 N–H and O–H groups in total. The second-order valence-corrected chi connectivity index (χ2v) is 3.89. The number of amides is 2. The number of carbonyl (C=O) groups is 2. The Kier molecular flexibility index (Phi) is 6.09. The van der Waals surface area contributed by atoms with E-state index in [4.69, 9.17) is 9.47 Å². The number of nitrogens with one attached hydrogen (secondary N) is 2. The molecule has 0 spiro atoms. The van der Waals surface area contributed by atoms with Crippen molar-refractivity contribution in [3.8, 4) is 11.5 Å². The van der Waals surface area contributed by atoms with Crippen LogP contribution in [0.2, 0.25) is 0 Å². The first kappa shape index (κ1) is 15.6. The Labute approximate surface area is 117 Å². The number of hydrogen-bond acceptors (Lipinski definition) is 4. The van der Waals surface area contributed by atoms with Gasteiger partial charge in [0, 0.05) is 18.3 Å². The molecule has 1 rings (SSSR count). The van der Waals surface area contributed by atoms with Crippen molar-refractivity contribution in [3.63, 3.8) is 0 Å². The van der Waals surface area contributed by atoms with Gasteiger partial charge in [0.25, 0.3) is 0 Å². The highest BCUT2D eigenvalue weighted by atomic mass is 16.5. The Morgan fingerprint density at radius 1 is 1.20 bits per heavy atom. The summed E-state index contributed by atoms with van der Waals surface area (Å²) in [5.74, 6) is 0.303. The molecule has 108 valence electrons. The maximum absolute atomic E-state index is 11.7. The standard InChI is InChI=1S/C14H18N2O4/c1-4-7-15-13(17)9-14(18)16-10-5-6-11(19-2)12(8-10)20-3/h4-6,8H,1,7,9H2,2-3H3,(H,15,17)(H,16,18). The fraction of sp³-hybridized carbons (Fsp3) is 0.286. The van der Waals surface area contributed by atoms with Crippen molar-refractivity contribution >= 4 is 17.5 Å². The zero-order valence-corrected chi connectivity index (χ0v) is 11.6. The molecule has 0 aromatic heterocycles. The third kappa shape index (κ3) is 4.64. The fourth-order valence-corrected chi connectivity index (χ4v) is 1.51. The number of ether oxygens (including phenoxy) is 2.